The SMILES string of the molecule is Cc1cc(NC(=O)[C@H](C)OC(=O)CCS(=O)(=O)c2ccc(F)cc2)no1. The third kappa shape index (κ3) is 5.38. The van der Waals surface area contributed by atoms with Gasteiger partial charge in [0.1, 0.15) is 11.6 Å². The van der Waals surface area contributed by atoms with Crippen LogP contribution in [0.3, 0.4) is 0 Å². The van der Waals surface area contributed by atoms with Crippen molar-refractivity contribution < 1.29 is 31.7 Å². The Morgan fingerprint density at radius 1 is 1.31 bits per heavy atom. The number of amides is 1. The van der Waals surface area contributed by atoms with Crippen LogP contribution < -0.4 is 5.32 Å². The lowest BCUT2D eigenvalue weighted by Gasteiger charge is -2.12. The molecule has 0 aliphatic heterocycles. The minimum Gasteiger partial charge on any atom is -0.453 e. The Balaban J connectivity index is 1.85. The predicted molar refractivity (Wildman–Crippen MR) is 88.5 cm³/mol. The molecule has 0 aliphatic carbocycles. The molecule has 8 nitrogen and oxygen atoms in total. The minimum atomic E-state index is -3.76. The molecule has 0 radical (unpaired) electrons. The van der Waals surface area contributed by atoms with E-state index >= 15 is 0 Å². The summed E-state index contributed by atoms with van der Waals surface area (Å²) < 4.78 is 46.7. The molecule has 2 rings (SSSR count). The number of esters is 1. The highest BCUT2D eigenvalue weighted by Gasteiger charge is 2.22. The van der Waals surface area contributed by atoms with E-state index in [1.165, 1.54) is 13.0 Å². The number of ether oxygens (including phenoxy) is 1. The lowest BCUT2D eigenvalue weighted by Crippen LogP contribution is -2.30. The van der Waals surface area contributed by atoms with Gasteiger partial charge in [-0.1, -0.05) is 5.16 Å². The zero-order valence-electron chi connectivity index (χ0n) is 14.1. The van der Waals surface area contributed by atoms with Crippen LogP contribution in [0.25, 0.3) is 0 Å². The van der Waals surface area contributed by atoms with Crippen molar-refractivity contribution in [3.63, 3.8) is 0 Å². The highest BCUT2D eigenvalue weighted by atomic mass is 32.2. The Morgan fingerprint density at radius 3 is 2.54 bits per heavy atom. The predicted octanol–water partition coefficient (Wildman–Crippen LogP) is 1.86. The standard InChI is InChI=1S/C16H17FN2O6S/c1-10-9-14(19-25-10)18-16(21)11(2)24-15(20)7-8-26(22,23)13-5-3-12(17)4-6-13/h3-6,9,11H,7-8H2,1-2H3,(H,18,19,21)/t11-/m0/s1. The summed E-state index contributed by atoms with van der Waals surface area (Å²) in [7, 11) is -3.76. The van der Waals surface area contributed by atoms with E-state index in [2.05, 4.69) is 10.5 Å². The number of hydrogen-bond donors (Lipinski definition) is 1. The van der Waals surface area contributed by atoms with E-state index in [0.717, 1.165) is 24.3 Å². The molecule has 0 unspecified atom stereocenters. The lowest BCUT2D eigenvalue weighted by atomic mass is 10.3. The van der Waals surface area contributed by atoms with Crippen molar-refractivity contribution in [2.24, 2.45) is 0 Å². The molecule has 26 heavy (non-hydrogen) atoms. The first-order chi connectivity index (χ1) is 12.2. The van der Waals surface area contributed by atoms with Crippen LogP contribution in [-0.4, -0.2) is 37.3 Å². The summed E-state index contributed by atoms with van der Waals surface area (Å²) in [6.45, 7) is 2.99. The summed E-state index contributed by atoms with van der Waals surface area (Å²) in [4.78, 5) is 23.6. The maximum atomic E-state index is 12.8. The number of aromatic nitrogens is 1. The molecule has 10 heteroatoms. The van der Waals surface area contributed by atoms with E-state index in [-0.39, 0.29) is 10.7 Å². The van der Waals surface area contributed by atoms with Crippen LogP contribution in [0.4, 0.5) is 10.2 Å². The van der Waals surface area contributed by atoms with Crippen LogP contribution in [0.5, 0.6) is 0 Å². The van der Waals surface area contributed by atoms with E-state index in [4.69, 9.17) is 9.26 Å². The van der Waals surface area contributed by atoms with E-state index < -0.39 is 45.8 Å². The summed E-state index contributed by atoms with van der Waals surface area (Å²) in [6.07, 6.45) is -1.59. The second kappa shape index (κ2) is 8.09. The summed E-state index contributed by atoms with van der Waals surface area (Å²) in [6, 6.07) is 5.76. The first-order valence-electron chi connectivity index (χ1n) is 7.59. The number of nitrogens with zero attached hydrogens (tertiary/aromatic N) is 1. The number of anilines is 1. The highest BCUT2D eigenvalue weighted by molar-refractivity contribution is 7.91. The smallest absolute Gasteiger partial charge is 0.307 e. The van der Waals surface area contributed by atoms with Gasteiger partial charge < -0.3 is 14.6 Å². The Bertz CT molecular complexity index is 892. The molecule has 1 amide bonds. The molecule has 1 heterocycles. The summed E-state index contributed by atoms with van der Waals surface area (Å²) in [5, 5.41) is 5.97. The van der Waals surface area contributed by atoms with Crippen LogP contribution in [0.1, 0.15) is 19.1 Å². The molecule has 1 aromatic carbocycles. The molecule has 0 saturated heterocycles. The number of benzene rings is 1. The number of sulfone groups is 1. The van der Waals surface area contributed by atoms with E-state index in [1.807, 2.05) is 0 Å². The fourth-order valence-electron chi connectivity index (χ4n) is 1.94. The van der Waals surface area contributed by atoms with E-state index in [1.54, 1.807) is 6.92 Å². The van der Waals surface area contributed by atoms with Gasteiger partial charge in [-0.25, -0.2) is 12.8 Å². The molecule has 140 valence electrons. The van der Waals surface area contributed by atoms with Gasteiger partial charge in [-0.15, -0.1) is 0 Å². The normalized spacial score (nSPS) is 12.4. The number of carbonyl (C=O) groups excluding carboxylic acids is 2. The number of aryl methyl sites for hydroxylation is 1. The van der Waals surface area contributed by atoms with Gasteiger partial charge in [0.2, 0.25) is 0 Å². The number of nitrogens with one attached hydrogen (secondary N) is 1. The third-order valence-corrected chi connectivity index (χ3v) is 5.04. The average Bonchev–Trinajstić information content (AvgIpc) is 2.98. The Labute approximate surface area is 149 Å². The van der Waals surface area contributed by atoms with Crippen LogP contribution in [0, 0.1) is 12.7 Å². The van der Waals surface area contributed by atoms with Gasteiger partial charge in [0, 0.05) is 6.07 Å². The number of hydrogen-bond acceptors (Lipinski definition) is 7. The molecular weight excluding hydrogens is 367 g/mol. The Kier molecular flexibility index (Phi) is 6.09. The van der Waals surface area contributed by atoms with Gasteiger partial charge in [-0.2, -0.15) is 0 Å². The molecule has 0 bridgehead atoms. The second-order valence-electron chi connectivity index (χ2n) is 5.47. The van der Waals surface area contributed by atoms with Crippen LogP contribution in [-0.2, 0) is 24.2 Å². The molecule has 1 N–H and O–H groups in total. The summed E-state index contributed by atoms with van der Waals surface area (Å²) in [5.41, 5.74) is 0. The zero-order chi connectivity index (χ0) is 19.3. The molecule has 0 spiro atoms. The van der Waals surface area contributed by atoms with Crippen molar-refractivity contribution in [2.45, 2.75) is 31.3 Å². The van der Waals surface area contributed by atoms with Crippen molar-refractivity contribution in [1.82, 2.24) is 5.16 Å². The molecule has 0 fully saturated rings. The quantitative estimate of drug-likeness (QED) is 0.572. The first kappa shape index (κ1) is 19.6. The summed E-state index contributed by atoms with van der Waals surface area (Å²) >= 11 is 0. The van der Waals surface area contributed by atoms with Gasteiger partial charge in [0.15, 0.2) is 21.8 Å². The van der Waals surface area contributed by atoms with Gasteiger partial charge in [0.25, 0.3) is 5.91 Å². The first-order valence-corrected chi connectivity index (χ1v) is 9.24. The highest BCUT2D eigenvalue weighted by Crippen LogP contribution is 2.13. The maximum absolute atomic E-state index is 12.8. The Hall–Kier alpha value is -2.75. The largest absolute Gasteiger partial charge is 0.453 e. The second-order valence-corrected chi connectivity index (χ2v) is 7.58. The van der Waals surface area contributed by atoms with Gasteiger partial charge in [-0.05, 0) is 38.1 Å². The average molecular weight is 384 g/mol. The molecular formula is C16H17FN2O6S. The monoisotopic (exact) mass is 384 g/mol. The fraction of sp³-hybridized carbons (Fsp3) is 0.312. The van der Waals surface area contributed by atoms with Crippen LogP contribution >= 0.6 is 0 Å². The molecule has 1 aromatic heterocycles. The van der Waals surface area contributed by atoms with Gasteiger partial charge in [0.05, 0.1) is 17.1 Å². The third-order valence-electron chi connectivity index (χ3n) is 3.30. The van der Waals surface area contributed by atoms with Crippen molar-refractivity contribution in [2.75, 3.05) is 11.1 Å². The molecule has 0 aliphatic rings. The maximum Gasteiger partial charge on any atom is 0.307 e. The van der Waals surface area contributed by atoms with E-state index in [0.29, 0.717) is 5.76 Å². The fourth-order valence-corrected chi connectivity index (χ4v) is 3.16. The zero-order valence-corrected chi connectivity index (χ0v) is 14.9. The van der Waals surface area contributed by atoms with Crippen LogP contribution in [0.15, 0.2) is 39.8 Å². The molecule has 2 aromatic rings. The van der Waals surface area contributed by atoms with Crippen molar-refractivity contribution in [3.05, 3.63) is 41.9 Å². The lowest BCUT2D eigenvalue weighted by molar-refractivity contribution is -0.152. The Morgan fingerprint density at radius 2 is 1.96 bits per heavy atom. The van der Waals surface area contributed by atoms with Gasteiger partial charge >= 0.3 is 5.97 Å². The number of carbonyl (C=O) groups is 2. The molecule has 0 saturated carbocycles. The van der Waals surface area contributed by atoms with Crippen molar-refractivity contribution >= 4 is 27.5 Å². The number of rotatable bonds is 7. The topological polar surface area (TPSA) is 116 Å². The minimum absolute atomic E-state index is 0.0982. The van der Waals surface area contributed by atoms with E-state index in [9.17, 15) is 22.4 Å². The van der Waals surface area contributed by atoms with Crippen molar-refractivity contribution in [3.8, 4) is 0 Å². The van der Waals surface area contributed by atoms with Crippen LogP contribution in [0.2, 0.25) is 0 Å². The summed E-state index contributed by atoms with van der Waals surface area (Å²) in [5.74, 6) is -1.90. The van der Waals surface area contributed by atoms with Gasteiger partial charge in [-0.3, -0.25) is 9.59 Å². The number of halogens is 1. The molecule has 1 atom stereocenters. The van der Waals surface area contributed by atoms with Crippen molar-refractivity contribution in [1.29, 1.82) is 0 Å².